The van der Waals surface area contributed by atoms with Gasteiger partial charge in [-0.1, -0.05) is 26.8 Å². The summed E-state index contributed by atoms with van der Waals surface area (Å²) >= 11 is 0. The van der Waals surface area contributed by atoms with Crippen LogP contribution >= 0.6 is 0 Å². The van der Waals surface area contributed by atoms with Crippen molar-refractivity contribution >= 4 is 5.69 Å². The fraction of sp³-hybridized carbons (Fsp3) is 0.625. The number of methoxy groups -OCH3 is 1. The van der Waals surface area contributed by atoms with E-state index in [9.17, 15) is 0 Å². The third-order valence-electron chi connectivity index (χ3n) is 4.61. The molecule has 2 nitrogen and oxygen atoms in total. The fourth-order valence-corrected chi connectivity index (χ4v) is 3.83. The molecule has 98 valence electrons. The molecule has 1 aliphatic carbocycles. The molecular weight excluding hydrogens is 222 g/mol. The molecule has 2 aliphatic rings. The molecule has 1 aromatic rings. The predicted octanol–water partition coefficient (Wildman–Crippen LogP) is 3.42. The standard InChI is InChI=1S/C16H23NO/c1-16(2,3)15-13-9-17(10-14(13)15)11-6-5-7-12(8-11)18-4/h5-8,13-15H,9-10H2,1-4H3. The second-order valence-electron chi connectivity index (χ2n) is 6.83. The molecule has 0 bridgehead atoms. The van der Waals surface area contributed by atoms with Gasteiger partial charge in [-0.2, -0.15) is 0 Å². The number of anilines is 1. The first-order valence-electron chi connectivity index (χ1n) is 6.89. The van der Waals surface area contributed by atoms with E-state index in [-0.39, 0.29) is 0 Å². The Balaban J connectivity index is 1.69. The van der Waals surface area contributed by atoms with Gasteiger partial charge in [-0.15, -0.1) is 0 Å². The van der Waals surface area contributed by atoms with E-state index in [1.165, 1.54) is 18.8 Å². The third kappa shape index (κ3) is 1.88. The summed E-state index contributed by atoms with van der Waals surface area (Å²) in [6.07, 6.45) is 0. The lowest BCUT2D eigenvalue weighted by Gasteiger charge is -2.27. The summed E-state index contributed by atoms with van der Waals surface area (Å²) in [5.41, 5.74) is 1.80. The first-order valence-corrected chi connectivity index (χ1v) is 6.89. The molecule has 1 saturated carbocycles. The molecule has 0 radical (unpaired) electrons. The monoisotopic (exact) mass is 245 g/mol. The number of fused-ring (bicyclic) bond motifs is 1. The van der Waals surface area contributed by atoms with Crippen LogP contribution in [0.4, 0.5) is 5.69 Å². The van der Waals surface area contributed by atoms with Crippen molar-refractivity contribution in [2.24, 2.45) is 23.2 Å². The van der Waals surface area contributed by atoms with Crippen LogP contribution in [0.5, 0.6) is 5.75 Å². The minimum atomic E-state index is 0.482. The van der Waals surface area contributed by atoms with Gasteiger partial charge in [-0.25, -0.2) is 0 Å². The van der Waals surface area contributed by atoms with Gasteiger partial charge in [-0.3, -0.25) is 0 Å². The molecule has 2 unspecified atom stereocenters. The van der Waals surface area contributed by atoms with Crippen molar-refractivity contribution < 1.29 is 4.74 Å². The first-order chi connectivity index (χ1) is 8.50. The summed E-state index contributed by atoms with van der Waals surface area (Å²) in [4.78, 5) is 2.51. The van der Waals surface area contributed by atoms with Gasteiger partial charge in [0.05, 0.1) is 7.11 Å². The van der Waals surface area contributed by atoms with Crippen LogP contribution in [-0.2, 0) is 0 Å². The highest BCUT2D eigenvalue weighted by Gasteiger charge is 2.59. The molecule has 1 aromatic carbocycles. The van der Waals surface area contributed by atoms with Crippen LogP contribution < -0.4 is 9.64 Å². The average Bonchev–Trinajstić information content (AvgIpc) is 2.87. The van der Waals surface area contributed by atoms with Crippen molar-refractivity contribution in [3.8, 4) is 5.75 Å². The van der Waals surface area contributed by atoms with Crippen LogP contribution in [0.25, 0.3) is 0 Å². The Morgan fingerprint density at radius 3 is 2.39 bits per heavy atom. The lowest BCUT2D eigenvalue weighted by atomic mass is 9.87. The minimum absolute atomic E-state index is 0.482. The average molecular weight is 245 g/mol. The van der Waals surface area contributed by atoms with Crippen LogP contribution in [0, 0.1) is 23.2 Å². The molecule has 2 fully saturated rings. The summed E-state index contributed by atoms with van der Waals surface area (Å²) in [7, 11) is 1.73. The zero-order valence-electron chi connectivity index (χ0n) is 11.8. The summed E-state index contributed by atoms with van der Waals surface area (Å²) in [6.45, 7) is 9.59. The molecule has 2 atom stereocenters. The van der Waals surface area contributed by atoms with E-state index in [1.807, 2.05) is 6.07 Å². The Labute approximate surface area is 110 Å². The van der Waals surface area contributed by atoms with Gasteiger partial charge < -0.3 is 9.64 Å². The van der Waals surface area contributed by atoms with Crippen molar-refractivity contribution in [2.75, 3.05) is 25.1 Å². The number of piperidine rings is 1. The molecule has 0 amide bonds. The van der Waals surface area contributed by atoms with Crippen molar-refractivity contribution in [3.05, 3.63) is 24.3 Å². The minimum Gasteiger partial charge on any atom is -0.497 e. The molecule has 1 saturated heterocycles. The maximum Gasteiger partial charge on any atom is 0.120 e. The van der Waals surface area contributed by atoms with E-state index < -0.39 is 0 Å². The molecule has 3 rings (SSSR count). The zero-order chi connectivity index (χ0) is 12.9. The molecule has 0 N–H and O–H groups in total. The molecule has 1 heterocycles. The number of rotatable bonds is 2. The van der Waals surface area contributed by atoms with E-state index in [0.717, 1.165) is 23.5 Å². The first kappa shape index (κ1) is 11.9. The van der Waals surface area contributed by atoms with Crippen LogP contribution in [0.15, 0.2) is 24.3 Å². The predicted molar refractivity (Wildman–Crippen MR) is 75.1 cm³/mol. The number of benzene rings is 1. The Hall–Kier alpha value is -1.18. The lowest BCUT2D eigenvalue weighted by molar-refractivity contribution is 0.309. The number of nitrogens with zero attached hydrogens (tertiary/aromatic N) is 1. The Bertz CT molecular complexity index is 437. The fourth-order valence-electron chi connectivity index (χ4n) is 3.83. The van der Waals surface area contributed by atoms with Gasteiger partial charge in [0.1, 0.15) is 5.75 Å². The smallest absolute Gasteiger partial charge is 0.120 e. The molecule has 2 heteroatoms. The third-order valence-corrected chi connectivity index (χ3v) is 4.61. The van der Waals surface area contributed by atoms with Crippen molar-refractivity contribution in [1.82, 2.24) is 0 Å². The van der Waals surface area contributed by atoms with Crippen LogP contribution in [0.2, 0.25) is 0 Å². The van der Waals surface area contributed by atoms with E-state index >= 15 is 0 Å². The lowest BCUT2D eigenvalue weighted by Crippen LogP contribution is -2.27. The van der Waals surface area contributed by atoms with Crippen LogP contribution in [0.1, 0.15) is 20.8 Å². The SMILES string of the molecule is COc1cccc(N2CC3C(C2)C3C(C)(C)C)c1. The molecule has 1 aliphatic heterocycles. The van der Waals surface area contributed by atoms with Gasteiger partial charge in [0.25, 0.3) is 0 Å². The largest absolute Gasteiger partial charge is 0.497 e. The highest BCUT2D eigenvalue weighted by Crippen LogP contribution is 2.60. The topological polar surface area (TPSA) is 12.5 Å². The quantitative estimate of drug-likeness (QED) is 0.791. The van der Waals surface area contributed by atoms with Gasteiger partial charge in [0, 0.05) is 24.8 Å². The highest BCUT2D eigenvalue weighted by atomic mass is 16.5. The van der Waals surface area contributed by atoms with E-state index in [0.29, 0.717) is 5.41 Å². The van der Waals surface area contributed by atoms with Gasteiger partial charge in [0.2, 0.25) is 0 Å². The second kappa shape index (κ2) is 3.91. The highest BCUT2D eigenvalue weighted by molar-refractivity contribution is 5.52. The van der Waals surface area contributed by atoms with Crippen molar-refractivity contribution in [2.45, 2.75) is 20.8 Å². The zero-order valence-corrected chi connectivity index (χ0v) is 11.8. The van der Waals surface area contributed by atoms with E-state index in [4.69, 9.17) is 4.74 Å². The molecule has 0 spiro atoms. The van der Waals surface area contributed by atoms with E-state index in [1.54, 1.807) is 7.11 Å². The summed E-state index contributed by atoms with van der Waals surface area (Å²) in [5, 5.41) is 0. The molecular formula is C16H23NO. The van der Waals surface area contributed by atoms with Crippen molar-refractivity contribution in [1.29, 1.82) is 0 Å². The normalized spacial score (nSPS) is 30.2. The Morgan fingerprint density at radius 1 is 1.17 bits per heavy atom. The Morgan fingerprint density at radius 2 is 1.83 bits per heavy atom. The maximum absolute atomic E-state index is 5.30. The van der Waals surface area contributed by atoms with Gasteiger partial charge in [0.15, 0.2) is 0 Å². The van der Waals surface area contributed by atoms with Crippen LogP contribution in [-0.4, -0.2) is 20.2 Å². The van der Waals surface area contributed by atoms with Crippen LogP contribution in [0.3, 0.4) is 0 Å². The summed E-state index contributed by atoms with van der Waals surface area (Å²) in [5.74, 6) is 3.72. The van der Waals surface area contributed by atoms with Gasteiger partial charge >= 0.3 is 0 Å². The summed E-state index contributed by atoms with van der Waals surface area (Å²) in [6, 6.07) is 8.44. The molecule has 18 heavy (non-hydrogen) atoms. The second-order valence-corrected chi connectivity index (χ2v) is 6.83. The number of ether oxygens (including phenoxy) is 1. The van der Waals surface area contributed by atoms with Crippen molar-refractivity contribution in [3.63, 3.8) is 0 Å². The Kier molecular flexibility index (Phi) is 2.58. The molecule has 0 aromatic heterocycles. The number of hydrogen-bond acceptors (Lipinski definition) is 2. The van der Waals surface area contributed by atoms with E-state index in [2.05, 4.69) is 43.9 Å². The maximum atomic E-state index is 5.30. The van der Waals surface area contributed by atoms with Gasteiger partial charge in [-0.05, 0) is 35.3 Å². The summed E-state index contributed by atoms with van der Waals surface area (Å²) < 4.78 is 5.30. The number of hydrogen-bond donors (Lipinski definition) is 0.